The lowest BCUT2D eigenvalue weighted by Crippen LogP contribution is -2.63. The minimum Gasteiger partial charge on any atom is -0.459 e. The molecule has 0 bridgehead atoms. The number of nitrogens with zero attached hydrogens (tertiary/aromatic N) is 2. The van der Waals surface area contributed by atoms with Crippen LogP contribution in [0.1, 0.15) is 19.4 Å². The first kappa shape index (κ1) is 17.7. The molecule has 0 unspecified atom stereocenters. The molecule has 9 heteroatoms. The summed E-state index contributed by atoms with van der Waals surface area (Å²) in [5, 5.41) is 19.7. The first-order valence-electron chi connectivity index (χ1n) is 7.77. The third-order valence-electron chi connectivity index (χ3n) is 4.50. The first-order chi connectivity index (χ1) is 11.8. The number of ether oxygens (including phenoxy) is 1. The fourth-order valence-electron chi connectivity index (χ4n) is 3.19. The summed E-state index contributed by atoms with van der Waals surface area (Å²) >= 11 is 1.49. The molecule has 2 aliphatic rings. The largest absolute Gasteiger partial charge is 0.459 e. The smallest absolute Gasteiger partial charge is 0.330 e. The van der Waals surface area contributed by atoms with Crippen molar-refractivity contribution in [1.82, 2.24) is 4.90 Å². The van der Waals surface area contributed by atoms with E-state index in [0.717, 1.165) is 0 Å². The summed E-state index contributed by atoms with van der Waals surface area (Å²) in [7, 11) is 0. The van der Waals surface area contributed by atoms with Crippen LogP contribution in [0.15, 0.2) is 24.3 Å². The van der Waals surface area contributed by atoms with Crippen LogP contribution in [0, 0.1) is 16.0 Å². The number of esters is 1. The van der Waals surface area contributed by atoms with E-state index < -0.39 is 27.6 Å². The number of aliphatic hydroxyl groups is 1. The zero-order chi connectivity index (χ0) is 18.4. The number of nitro groups is 1. The van der Waals surface area contributed by atoms with Crippen molar-refractivity contribution in [3.05, 3.63) is 39.9 Å². The monoisotopic (exact) mass is 366 g/mol. The highest BCUT2D eigenvalue weighted by atomic mass is 32.2. The number of fused-ring (bicyclic) bond motifs is 1. The van der Waals surface area contributed by atoms with Gasteiger partial charge in [0, 0.05) is 16.9 Å². The van der Waals surface area contributed by atoms with Crippen LogP contribution in [-0.2, 0) is 20.9 Å². The maximum absolute atomic E-state index is 12.5. The van der Waals surface area contributed by atoms with Gasteiger partial charge in [0.1, 0.15) is 12.6 Å². The Morgan fingerprint density at radius 1 is 1.40 bits per heavy atom. The van der Waals surface area contributed by atoms with Crippen LogP contribution in [0.25, 0.3) is 0 Å². The fraction of sp³-hybridized carbons (Fsp3) is 0.500. The average molecular weight is 366 g/mol. The Kier molecular flexibility index (Phi) is 4.46. The predicted molar refractivity (Wildman–Crippen MR) is 89.6 cm³/mol. The van der Waals surface area contributed by atoms with Crippen molar-refractivity contribution in [2.24, 2.45) is 5.92 Å². The molecular formula is C16H18N2O6S. The third-order valence-corrected chi connectivity index (χ3v) is 6.13. The lowest BCUT2D eigenvalue weighted by Gasteiger charge is -2.43. The molecule has 1 amide bonds. The summed E-state index contributed by atoms with van der Waals surface area (Å²) in [5.41, 5.74) is 0.592. The molecule has 2 heterocycles. The Morgan fingerprint density at radius 3 is 2.60 bits per heavy atom. The van der Waals surface area contributed by atoms with E-state index in [4.69, 9.17) is 4.74 Å². The summed E-state index contributed by atoms with van der Waals surface area (Å²) in [6.07, 6.45) is 0. The molecule has 1 aromatic rings. The Bertz CT molecular complexity index is 720. The Balaban J connectivity index is 1.66. The van der Waals surface area contributed by atoms with Crippen LogP contribution in [0.2, 0.25) is 0 Å². The van der Waals surface area contributed by atoms with Gasteiger partial charge in [0.25, 0.3) is 5.69 Å². The van der Waals surface area contributed by atoms with Gasteiger partial charge in [-0.2, -0.15) is 0 Å². The van der Waals surface area contributed by atoms with Crippen molar-refractivity contribution >= 4 is 29.3 Å². The van der Waals surface area contributed by atoms with Gasteiger partial charge in [-0.05, 0) is 31.5 Å². The van der Waals surface area contributed by atoms with E-state index in [9.17, 15) is 24.8 Å². The lowest BCUT2D eigenvalue weighted by atomic mass is 9.92. The number of thioether (sulfide) groups is 1. The third kappa shape index (κ3) is 2.98. The van der Waals surface area contributed by atoms with Crippen LogP contribution in [-0.4, -0.2) is 49.6 Å². The minimum absolute atomic E-state index is 0.0236. The second-order valence-corrected chi connectivity index (χ2v) is 8.35. The van der Waals surface area contributed by atoms with Crippen molar-refractivity contribution in [2.75, 3.05) is 6.61 Å². The lowest BCUT2D eigenvalue weighted by molar-refractivity contribution is -0.384. The van der Waals surface area contributed by atoms with Crippen molar-refractivity contribution < 1.29 is 24.4 Å². The van der Waals surface area contributed by atoms with Crippen LogP contribution >= 0.6 is 11.8 Å². The van der Waals surface area contributed by atoms with Gasteiger partial charge in [-0.3, -0.25) is 14.9 Å². The van der Waals surface area contributed by atoms with Gasteiger partial charge < -0.3 is 14.7 Å². The zero-order valence-electron chi connectivity index (χ0n) is 13.7. The molecular weight excluding hydrogens is 348 g/mol. The number of nitro benzene ring substituents is 1. The van der Waals surface area contributed by atoms with Gasteiger partial charge in [-0.25, -0.2) is 4.79 Å². The highest BCUT2D eigenvalue weighted by molar-refractivity contribution is 8.01. The zero-order valence-corrected chi connectivity index (χ0v) is 14.6. The summed E-state index contributed by atoms with van der Waals surface area (Å²) in [4.78, 5) is 36.3. The van der Waals surface area contributed by atoms with Gasteiger partial charge in [0.05, 0.1) is 22.8 Å². The van der Waals surface area contributed by atoms with Gasteiger partial charge in [0.15, 0.2) is 0 Å². The van der Waals surface area contributed by atoms with Gasteiger partial charge in [-0.15, -0.1) is 11.8 Å². The molecule has 0 aromatic heterocycles. The highest BCUT2D eigenvalue weighted by Gasteiger charge is 2.63. The normalized spacial score (nSPS) is 26.8. The average Bonchev–Trinajstić information content (AvgIpc) is 2.81. The molecule has 0 radical (unpaired) electrons. The molecule has 134 valence electrons. The number of aliphatic hydroxyl groups excluding tert-OH is 1. The molecule has 8 nitrogen and oxygen atoms in total. The Labute approximate surface area is 148 Å². The molecule has 0 aliphatic carbocycles. The van der Waals surface area contributed by atoms with E-state index in [1.807, 2.05) is 13.8 Å². The maximum atomic E-state index is 12.5. The second kappa shape index (κ2) is 6.30. The molecule has 3 atom stereocenters. The number of rotatable bonds is 5. The number of benzene rings is 1. The first-order valence-corrected chi connectivity index (χ1v) is 8.65. The molecule has 2 aliphatic heterocycles. The standard InChI is InChI=1S/C16H18N2O6S/c1-16(2)12(17-13(20)11(7-19)14(17)25-16)15(21)24-8-9-3-5-10(6-4-9)18(22)23/h3-6,11-12,14,19H,7-8H2,1-2H3/t11-,12-,14+/m0/s1. The molecule has 2 fully saturated rings. The SMILES string of the molecule is CC1(C)S[C@@H]2[C@@H](CO)C(=O)N2[C@H]1C(=O)OCc1ccc([N+](=O)[O-])cc1. The molecule has 0 spiro atoms. The van der Waals surface area contributed by atoms with E-state index in [1.54, 1.807) is 0 Å². The topological polar surface area (TPSA) is 110 Å². The molecule has 2 saturated heterocycles. The highest BCUT2D eigenvalue weighted by Crippen LogP contribution is 2.53. The number of hydrogen-bond donors (Lipinski definition) is 1. The molecule has 25 heavy (non-hydrogen) atoms. The molecule has 1 N–H and O–H groups in total. The van der Waals surface area contributed by atoms with Gasteiger partial charge in [-0.1, -0.05) is 0 Å². The number of hydrogen-bond acceptors (Lipinski definition) is 7. The van der Waals surface area contributed by atoms with Crippen LogP contribution in [0.3, 0.4) is 0 Å². The van der Waals surface area contributed by atoms with E-state index >= 15 is 0 Å². The van der Waals surface area contributed by atoms with E-state index in [1.165, 1.54) is 40.9 Å². The summed E-state index contributed by atoms with van der Waals surface area (Å²) in [6, 6.07) is 5.04. The van der Waals surface area contributed by atoms with Crippen molar-refractivity contribution in [2.45, 2.75) is 36.6 Å². The van der Waals surface area contributed by atoms with Crippen molar-refractivity contribution in [3.63, 3.8) is 0 Å². The fourth-order valence-corrected chi connectivity index (χ4v) is 4.85. The van der Waals surface area contributed by atoms with Crippen LogP contribution in [0.4, 0.5) is 5.69 Å². The Morgan fingerprint density at radius 2 is 2.04 bits per heavy atom. The number of carbonyl (C=O) groups is 2. The van der Waals surface area contributed by atoms with Gasteiger partial charge >= 0.3 is 5.97 Å². The number of amides is 1. The Hall–Kier alpha value is -2.13. The summed E-state index contributed by atoms with van der Waals surface area (Å²) < 4.78 is 4.82. The predicted octanol–water partition coefficient (Wildman–Crippen LogP) is 1.31. The molecule has 1 aromatic carbocycles. The van der Waals surface area contributed by atoms with Crippen LogP contribution < -0.4 is 0 Å². The summed E-state index contributed by atoms with van der Waals surface area (Å²) in [6.45, 7) is 3.49. The molecule has 0 saturated carbocycles. The van der Waals surface area contributed by atoms with Gasteiger partial charge in [0.2, 0.25) is 5.91 Å². The number of β-lactam (4-membered cyclic amide) rings is 1. The number of carbonyl (C=O) groups excluding carboxylic acids is 2. The van der Waals surface area contributed by atoms with Crippen LogP contribution in [0.5, 0.6) is 0 Å². The van der Waals surface area contributed by atoms with E-state index in [0.29, 0.717) is 5.56 Å². The second-order valence-electron chi connectivity index (χ2n) is 6.58. The van der Waals surface area contributed by atoms with E-state index in [-0.39, 0.29) is 30.2 Å². The summed E-state index contributed by atoms with van der Waals surface area (Å²) in [5.74, 6) is -1.21. The number of non-ortho nitro benzene ring substituents is 1. The van der Waals surface area contributed by atoms with E-state index in [2.05, 4.69) is 0 Å². The minimum atomic E-state index is -0.712. The molecule has 3 rings (SSSR count). The van der Waals surface area contributed by atoms with Crippen molar-refractivity contribution in [3.8, 4) is 0 Å². The quantitative estimate of drug-likeness (QED) is 0.362. The maximum Gasteiger partial charge on any atom is 0.330 e. The van der Waals surface area contributed by atoms with Crippen molar-refractivity contribution in [1.29, 1.82) is 0 Å².